The van der Waals surface area contributed by atoms with Crippen molar-refractivity contribution < 1.29 is 34.0 Å². The Morgan fingerprint density at radius 3 is 2.40 bits per heavy atom. The number of rotatable bonds is 4. The number of likely N-dealkylation sites (N-methyl/N-ethyl adjacent to an activating group) is 1. The van der Waals surface area contributed by atoms with E-state index in [2.05, 4.69) is 4.90 Å². The van der Waals surface area contributed by atoms with Gasteiger partial charge in [0.25, 0.3) is 0 Å². The first-order valence-electron chi connectivity index (χ1n) is 9.62. The van der Waals surface area contributed by atoms with Crippen LogP contribution in [0.4, 0.5) is 0 Å². The summed E-state index contributed by atoms with van der Waals surface area (Å²) in [5, 5.41) is 20.9. The van der Waals surface area contributed by atoms with E-state index in [0.29, 0.717) is 46.7 Å². The Bertz CT molecular complexity index is 1010. The van der Waals surface area contributed by atoms with Crippen LogP contribution in [0.5, 0.6) is 28.7 Å². The van der Waals surface area contributed by atoms with Crippen molar-refractivity contribution in [3.63, 3.8) is 0 Å². The van der Waals surface area contributed by atoms with Gasteiger partial charge in [-0.05, 0) is 37.6 Å². The number of carbonyl (C=O) groups is 1. The Morgan fingerprint density at radius 1 is 1.07 bits per heavy atom. The smallest absolute Gasteiger partial charge is 0.343 e. The second-order valence-electron chi connectivity index (χ2n) is 7.51. The summed E-state index contributed by atoms with van der Waals surface area (Å²) in [7, 11) is 6.36. The van der Waals surface area contributed by atoms with Gasteiger partial charge in [-0.1, -0.05) is 6.07 Å². The van der Waals surface area contributed by atoms with Gasteiger partial charge in [0.1, 0.15) is 11.7 Å². The second-order valence-corrected chi connectivity index (χ2v) is 7.51. The van der Waals surface area contributed by atoms with Crippen molar-refractivity contribution in [1.29, 1.82) is 0 Å². The van der Waals surface area contributed by atoms with E-state index in [1.807, 2.05) is 7.05 Å². The molecule has 2 aliphatic rings. The van der Waals surface area contributed by atoms with Crippen molar-refractivity contribution in [2.45, 2.75) is 25.5 Å². The van der Waals surface area contributed by atoms with Crippen LogP contribution in [0.25, 0.3) is 0 Å². The lowest BCUT2D eigenvalue weighted by molar-refractivity contribution is 0.00865. The van der Waals surface area contributed by atoms with Gasteiger partial charge in [0, 0.05) is 17.7 Å². The number of hydrogen-bond donors (Lipinski definition) is 2. The molecule has 0 aliphatic carbocycles. The Kier molecular flexibility index (Phi) is 4.89. The van der Waals surface area contributed by atoms with Gasteiger partial charge in [0.2, 0.25) is 5.75 Å². The van der Waals surface area contributed by atoms with E-state index >= 15 is 0 Å². The first-order valence-corrected chi connectivity index (χ1v) is 9.62. The lowest BCUT2D eigenvalue weighted by Gasteiger charge is -2.39. The van der Waals surface area contributed by atoms with Gasteiger partial charge in [-0.15, -0.1) is 0 Å². The normalized spacial score (nSPS) is 20.4. The fourth-order valence-electron chi connectivity index (χ4n) is 4.63. The quantitative estimate of drug-likeness (QED) is 0.581. The van der Waals surface area contributed by atoms with E-state index in [-0.39, 0.29) is 17.2 Å². The third kappa shape index (κ3) is 2.67. The Morgan fingerprint density at radius 2 is 1.77 bits per heavy atom. The molecule has 2 atom stereocenters. The predicted octanol–water partition coefficient (Wildman–Crippen LogP) is 2.87. The summed E-state index contributed by atoms with van der Waals surface area (Å²) in [6, 6.07) is 3.12. The molecule has 30 heavy (non-hydrogen) atoms. The molecule has 160 valence electrons. The molecule has 2 aromatic carbocycles. The average molecular weight is 415 g/mol. The summed E-state index contributed by atoms with van der Waals surface area (Å²) >= 11 is 0. The lowest BCUT2D eigenvalue weighted by Crippen LogP contribution is -2.36. The highest BCUT2D eigenvalue weighted by atomic mass is 16.6. The van der Waals surface area contributed by atoms with Crippen LogP contribution in [0.1, 0.15) is 44.8 Å². The maximum atomic E-state index is 12.8. The van der Waals surface area contributed by atoms with Crippen molar-refractivity contribution in [2.24, 2.45) is 0 Å². The second kappa shape index (κ2) is 7.28. The number of hydrogen-bond acceptors (Lipinski definition) is 8. The summed E-state index contributed by atoms with van der Waals surface area (Å²) in [4.78, 5) is 14.9. The van der Waals surface area contributed by atoms with Gasteiger partial charge < -0.3 is 29.2 Å². The van der Waals surface area contributed by atoms with E-state index in [9.17, 15) is 15.0 Å². The number of nitrogens with zero attached hydrogens (tertiary/aromatic N) is 1. The largest absolute Gasteiger partial charge is 0.504 e. The molecular weight excluding hydrogens is 390 g/mol. The summed E-state index contributed by atoms with van der Waals surface area (Å²) in [6.07, 6.45) is 0.0197. The van der Waals surface area contributed by atoms with Crippen LogP contribution in [0.2, 0.25) is 0 Å². The Hall–Kier alpha value is -3.13. The fourth-order valence-corrected chi connectivity index (χ4v) is 4.63. The minimum Gasteiger partial charge on any atom is -0.504 e. The zero-order valence-electron chi connectivity index (χ0n) is 17.6. The molecule has 2 heterocycles. The molecule has 8 nitrogen and oxygen atoms in total. The summed E-state index contributed by atoms with van der Waals surface area (Å²) in [5.74, 6) is -0.0326. The number of ether oxygens (including phenoxy) is 4. The van der Waals surface area contributed by atoms with Crippen LogP contribution in [-0.2, 0) is 11.2 Å². The monoisotopic (exact) mass is 415 g/mol. The van der Waals surface area contributed by atoms with E-state index in [1.165, 1.54) is 21.3 Å². The van der Waals surface area contributed by atoms with Crippen molar-refractivity contribution in [3.8, 4) is 28.7 Å². The van der Waals surface area contributed by atoms with E-state index < -0.39 is 18.1 Å². The van der Waals surface area contributed by atoms with Crippen molar-refractivity contribution >= 4 is 5.97 Å². The molecule has 1 unspecified atom stereocenters. The molecule has 4 rings (SSSR count). The van der Waals surface area contributed by atoms with Crippen molar-refractivity contribution in [3.05, 3.63) is 39.9 Å². The third-order valence-corrected chi connectivity index (χ3v) is 6.12. The number of methoxy groups -OCH3 is 3. The molecule has 0 spiro atoms. The van der Waals surface area contributed by atoms with Gasteiger partial charge >= 0.3 is 5.97 Å². The van der Waals surface area contributed by atoms with Gasteiger partial charge in [0.15, 0.2) is 23.0 Å². The zero-order chi connectivity index (χ0) is 21.7. The first-order chi connectivity index (χ1) is 14.3. The van der Waals surface area contributed by atoms with Crippen LogP contribution in [0.15, 0.2) is 12.1 Å². The minimum atomic E-state index is -0.645. The highest BCUT2D eigenvalue weighted by Crippen LogP contribution is 2.55. The third-order valence-electron chi connectivity index (χ3n) is 6.12. The highest BCUT2D eigenvalue weighted by molar-refractivity contribution is 5.98. The van der Waals surface area contributed by atoms with Gasteiger partial charge in [-0.3, -0.25) is 4.90 Å². The van der Waals surface area contributed by atoms with Crippen LogP contribution in [0.3, 0.4) is 0 Å². The number of cyclic esters (lactones) is 1. The highest BCUT2D eigenvalue weighted by Gasteiger charge is 2.46. The van der Waals surface area contributed by atoms with Crippen LogP contribution in [0, 0.1) is 6.92 Å². The summed E-state index contributed by atoms with van der Waals surface area (Å²) < 4.78 is 22.1. The predicted molar refractivity (Wildman–Crippen MR) is 108 cm³/mol. The van der Waals surface area contributed by atoms with E-state index in [4.69, 9.17) is 18.9 Å². The molecule has 0 saturated heterocycles. The molecule has 0 bridgehead atoms. The van der Waals surface area contributed by atoms with Gasteiger partial charge in [-0.2, -0.15) is 0 Å². The molecule has 2 aromatic rings. The van der Waals surface area contributed by atoms with Crippen molar-refractivity contribution in [1.82, 2.24) is 4.90 Å². The zero-order valence-corrected chi connectivity index (χ0v) is 17.6. The molecule has 8 heteroatoms. The topological polar surface area (TPSA) is 97.7 Å². The number of phenols is 2. The maximum absolute atomic E-state index is 12.8. The fraction of sp³-hybridized carbons (Fsp3) is 0.409. The first kappa shape index (κ1) is 20.2. The lowest BCUT2D eigenvalue weighted by atomic mass is 9.83. The van der Waals surface area contributed by atoms with Gasteiger partial charge in [0.05, 0.1) is 27.4 Å². The average Bonchev–Trinajstić information content (AvgIpc) is 3.08. The van der Waals surface area contributed by atoms with Crippen molar-refractivity contribution in [2.75, 3.05) is 34.9 Å². The summed E-state index contributed by atoms with van der Waals surface area (Å²) in [5.41, 5.74) is 3.20. The molecule has 0 aromatic heterocycles. The van der Waals surface area contributed by atoms with Crippen LogP contribution in [-0.4, -0.2) is 56.0 Å². The Balaban J connectivity index is 1.94. The molecule has 0 amide bonds. The standard InChI is InChI=1S/C22H25NO7/c1-10-11-8-9-23(2)16(14(11)21(29-5)18(25)17(10)24)19-12-6-7-13(27-3)20(28-4)15(12)22(26)30-19/h6-7,16,19,24-25H,8-9H2,1-5H3/t16-,19?/m1/s1. The van der Waals surface area contributed by atoms with Gasteiger partial charge in [-0.25, -0.2) is 4.79 Å². The number of esters is 1. The molecular formula is C22H25NO7. The SMILES string of the molecule is COc1ccc2c(c1OC)C(=O)OC2[C@H]1c2c(c(C)c(O)c(O)c2OC)CCN1C. The number of carbonyl (C=O) groups excluding carboxylic acids is 1. The molecule has 0 fully saturated rings. The maximum Gasteiger partial charge on any atom is 0.343 e. The molecule has 0 radical (unpaired) electrons. The molecule has 2 N–H and O–H groups in total. The molecule has 0 saturated carbocycles. The number of aromatic hydroxyl groups is 2. The Labute approximate surface area is 174 Å². The number of fused-ring (bicyclic) bond motifs is 2. The minimum absolute atomic E-state index is 0.189. The van der Waals surface area contributed by atoms with Crippen LogP contribution >= 0.6 is 0 Å². The van der Waals surface area contributed by atoms with Crippen LogP contribution < -0.4 is 14.2 Å². The summed E-state index contributed by atoms with van der Waals surface area (Å²) in [6.45, 7) is 2.45. The van der Waals surface area contributed by atoms with E-state index in [0.717, 1.165) is 5.56 Å². The number of benzene rings is 2. The molecule has 2 aliphatic heterocycles. The van der Waals surface area contributed by atoms with E-state index in [1.54, 1.807) is 19.1 Å². The number of phenolic OH excluding ortho intramolecular Hbond substituents is 2.